The average Bonchev–Trinajstić information content (AvgIpc) is 2.74. The summed E-state index contributed by atoms with van der Waals surface area (Å²) in [6.07, 6.45) is 2.79. The van der Waals surface area contributed by atoms with Gasteiger partial charge in [-0.05, 0) is 18.6 Å². The lowest BCUT2D eigenvalue weighted by Gasteiger charge is -2.11. The van der Waals surface area contributed by atoms with Gasteiger partial charge >= 0.3 is 0 Å². The third kappa shape index (κ3) is 2.12. The maximum absolute atomic E-state index is 5.64. The van der Waals surface area contributed by atoms with Gasteiger partial charge in [0.1, 0.15) is 12.2 Å². The van der Waals surface area contributed by atoms with Crippen LogP contribution < -0.4 is 0 Å². The quantitative estimate of drug-likeness (QED) is 0.722. The second kappa shape index (κ2) is 4.90. The van der Waals surface area contributed by atoms with E-state index in [2.05, 4.69) is 23.8 Å². The number of ether oxygens (including phenoxy) is 1. The molecule has 0 aliphatic carbocycles. The Hall–Kier alpha value is -1.68. The van der Waals surface area contributed by atoms with Gasteiger partial charge in [0.25, 0.3) is 0 Å². The van der Waals surface area contributed by atoms with E-state index in [0.717, 1.165) is 17.5 Å². The molecule has 0 radical (unpaired) electrons. The topological polar surface area (TPSA) is 39.9 Å². The molecule has 1 aromatic carbocycles. The summed E-state index contributed by atoms with van der Waals surface area (Å²) in [4.78, 5) is 0. The summed E-state index contributed by atoms with van der Waals surface area (Å²) in [6, 6.07) is 7.82. The summed E-state index contributed by atoms with van der Waals surface area (Å²) in [5.74, 6) is 0. The van der Waals surface area contributed by atoms with Gasteiger partial charge in [-0.15, -0.1) is 11.7 Å². The summed E-state index contributed by atoms with van der Waals surface area (Å²) >= 11 is 0. The predicted molar refractivity (Wildman–Crippen MR) is 62.9 cm³/mol. The van der Waals surface area contributed by atoms with Crippen molar-refractivity contribution in [1.29, 1.82) is 0 Å². The normalized spacial score (nSPS) is 12.8. The van der Waals surface area contributed by atoms with E-state index in [1.165, 1.54) is 0 Å². The van der Waals surface area contributed by atoms with E-state index in [1.807, 2.05) is 24.3 Å². The second-order valence-electron chi connectivity index (χ2n) is 3.56. The van der Waals surface area contributed by atoms with Crippen LogP contribution in [-0.2, 0) is 11.5 Å². The standard InChI is InChI=1S/C12H15N3O/c1-3-10(4-2)16-9-15-12-8-6-5-7-11(12)13-14-15/h3,5-8,10H,1,4,9H2,2H3. The average molecular weight is 217 g/mol. The van der Waals surface area contributed by atoms with Gasteiger partial charge < -0.3 is 4.74 Å². The van der Waals surface area contributed by atoms with Crippen LogP contribution in [0.15, 0.2) is 36.9 Å². The minimum absolute atomic E-state index is 0.0722. The van der Waals surface area contributed by atoms with Crippen LogP contribution in [0, 0.1) is 0 Å². The molecular weight excluding hydrogens is 202 g/mol. The number of benzene rings is 1. The number of hydrogen-bond acceptors (Lipinski definition) is 3. The van der Waals surface area contributed by atoms with Crippen LogP contribution in [0.2, 0.25) is 0 Å². The van der Waals surface area contributed by atoms with Gasteiger partial charge in [-0.2, -0.15) is 0 Å². The Morgan fingerprint density at radius 3 is 3.06 bits per heavy atom. The molecule has 0 saturated carbocycles. The van der Waals surface area contributed by atoms with Gasteiger partial charge in [-0.25, -0.2) is 4.68 Å². The molecule has 1 heterocycles. The van der Waals surface area contributed by atoms with Crippen LogP contribution in [0.4, 0.5) is 0 Å². The van der Waals surface area contributed by atoms with E-state index in [-0.39, 0.29) is 6.10 Å². The van der Waals surface area contributed by atoms with Crippen molar-refractivity contribution in [3.05, 3.63) is 36.9 Å². The zero-order valence-electron chi connectivity index (χ0n) is 9.34. The highest BCUT2D eigenvalue weighted by atomic mass is 16.5. The number of rotatable bonds is 5. The lowest BCUT2D eigenvalue weighted by atomic mass is 10.3. The Bertz CT molecular complexity index is 478. The molecule has 1 atom stereocenters. The Morgan fingerprint density at radius 1 is 1.50 bits per heavy atom. The monoisotopic (exact) mass is 217 g/mol. The molecular formula is C12H15N3O. The van der Waals surface area contributed by atoms with Crippen LogP contribution >= 0.6 is 0 Å². The van der Waals surface area contributed by atoms with E-state index in [4.69, 9.17) is 4.74 Å². The maximum atomic E-state index is 5.64. The maximum Gasteiger partial charge on any atom is 0.142 e. The van der Waals surface area contributed by atoms with E-state index >= 15 is 0 Å². The van der Waals surface area contributed by atoms with Crippen LogP contribution in [0.1, 0.15) is 13.3 Å². The largest absolute Gasteiger partial charge is 0.352 e. The highest BCUT2D eigenvalue weighted by Gasteiger charge is 2.05. The zero-order chi connectivity index (χ0) is 11.4. The fourth-order valence-electron chi connectivity index (χ4n) is 1.53. The number of aromatic nitrogens is 3. The van der Waals surface area contributed by atoms with Gasteiger partial charge in [0, 0.05) is 0 Å². The van der Waals surface area contributed by atoms with Crippen molar-refractivity contribution in [3.8, 4) is 0 Å². The molecule has 0 spiro atoms. The van der Waals surface area contributed by atoms with Gasteiger partial charge in [0.05, 0.1) is 11.6 Å². The fourth-order valence-corrected chi connectivity index (χ4v) is 1.53. The minimum Gasteiger partial charge on any atom is -0.352 e. The van der Waals surface area contributed by atoms with Gasteiger partial charge in [0.2, 0.25) is 0 Å². The molecule has 0 saturated heterocycles. The summed E-state index contributed by atoms with van der Waals surface area (Å²) < 4.78 is 7.39. The zero-order valence-corrected chi connectivity index (χ0v) is 9.34. The SMILES string of the molecule is C=CC(CC)OCn1nnc2ccccc21. The van der Waals surface area contributed by atoms with Crippen molar-refractivity contribution in [1.82, 2.24) is 15.0 Å². The molecule has 0 amide bonds. The molecule has 1 aromatic heterocycles. The number of hydrogen-bond donors (Lipinski definition) is 0. The first-order valence-corrected chi connectivity index (χ1v) is 5.37. The van der Waals surface area contributed by atoms with Crippen molar-refractivity contribution >= 4 is 11.0 Å². The summed E-state index contributed by atoms with van der Waals surface area (Å²) in [7, 11) is 0. The molecule has 2 rings (SSSR count). The molecule has 1 unspecified atom stereocenters. The van der Waals surface area contributed by atoms with Crippen LogP contribution in [0.5, 0.6) is 0 Å². The molecule has 84 valence electrons. The molecule has 0 aliphatic rings. The van der Waals surface area contributed by atoms with Gasteiger partial charge in [-0.3, -0.25) is 0 Å². The Morgan fingerprint density at radius 2 is 2.31 bits per heavy atom. The molecule has 4 nitrogen and oxygen atoms in total. The van der Waals surface area contributed by atoms with Gasteiger partial charge in [-0.1, -0.05) is 30.3 Å². The van der Waals surface area contributed by atoms with Crippen molar-refractivity contribution < 1.29 is 4.74 Å². The van der Waals surface area contributed by atoms with Crippen molar-refractivity contribution in [3.63, 3.8) is 0 Å². The smallest absolute Gasteiger partial charge is 0.142 e. The first-order chi connectivity index (χ1) is 7.85. The molecule has 2 aromatic rings. The molecule has 0 fully saturated rings. The van der Waals surface area contributed by atoms with E-state index in [9.17, 15) is 0 Å². The fraction of sp³-hybridized carbons (Fsp3) is 0.333. The third-order valence-corrected chi connectivity index (χ3v) is 2.50. The van der Waals surface area contributed by atoms with Crippen molar-refractivity contribution in [2.75, 3.05) is 0 Å². The number of fused-ring (bicyclic) bond motifs is 1. The number of nitrogens with zero attached hydrogens (tertiary/aromatic N) is 3. The molecule has 0 N–H and O–H groups in total. The first-order valence-electron chi connectivity index (χ1n) is 5.37. The summed E-state index contributed by atoms with van der Waals surface area (Å²) in [6.45, 7) is 6.19. The predicted octanol–water partition coefficient (Wildman–Crippen LogP) is 2.37. The summed E-state index contributed by atoms with van der Waals surface area (Å²) in [5, 5.41) is 8.10. The van der Waals surface area contributed by atoms with E-state index < -0.39 is 0 Å². The van der Waals surface area contributed by atoms with Crippen molar-refractivity contribution in [2.24, 2.45) is 0 Å². The van der Waals surface area contributed by atoms with E-state index in [0.29, 0.717) is 6.73 Å². The van der Waals surface area contributed by atoms with Gasteiger partial charge in [0.15, 0.2) is 0 Å². The van der Waals surface area contributed by atoms with Crippen LogP contribution in [-0.4, -0.2) is 21.1 Å². The number of para-hydroxylation sites is 1. The third-order valence-electron chi connectivity index (χ3n) is 2.50. The molecule has 4 heteroatoms. The van der Waals surface area contributed by atoms with Crippen LogP contribution in [0.3, 0.4) is 0 Å². The summed E-state index contributed by atoms with van der Waals surface area (Å²) in [5.41, 5.74) is 1.87. The highest BCUT2D eigenvalue weighted by Crippen LogP contribution is 2.10. The lowest BCUT2D eigenvalue weighted by molar-refractivity contribution is 0.0274. The Balaban J connectivity index is 2.12. The molecule has 16 heavy (non-hydrogen) atoms. The minimum atomic E-state index is 0.0722. The second-order valence-corrected chi connectivity index (χ2v) is 3.56. The van der Waals surface area contributed by atoms with Crippen LogP contribution in [0.25, 0.3) is 11.0 Å². The Kier molecular flexibility index (Phi) is 3.31. The first kappa shape index (κ1) is 10.8. The van der Waals surface area contributed by atoms with Crippen molar-refractivity contribution in [2.45, 2.75) is 26.2 Å². The molecule has 0 bridgehead atoms. The Labute approximate surface area is 94.5 Å². The van der Waals surface area contributed by atoms with E-state index in [1.54, 1.807) is 10.8 Å². The molecule has 0 aliphatic heterocycles. The lowest BCUT2D eigenvalue weighted by Crippen LogP contribution is -2.12. The highest BCUT2D eigenvalue weighted by molar-refractivity contribution is 5.73.